The summed E-state index contributed by atoms with van der Waals surface area (Å²) >= 11 is 0. The number of benzene rings is 1. The van der Waals surface area contributed by atoms with Crippen molar-refractivity contribution < 1.29 is 0 Å². The SMILES string of the molecule is CN1CCN(c2ccc(-c3cc4nccnc4c(=O)[nH]3)cc2)CC1. The Hall–Kier alpha value is -2.73. The molecule has 1 aliphatic rings. The Balaban J connectivity index is 1.64. The molecule has 24 heavy (non-hydrogen) atoms. The molecular weight excluding hydrogens is 302 g/mol. The predicted molar refractivity (Wildman–Crippen MR) is 95.3 cm³/mol. The number of aromatic amines is 1. The van der Waals surface area contributed by atoms with Gasteiger partial charge in [0, 0.05) is 44.3 Å². The zero-order valence-electron chi connectivity index (χ0n) is 13.6. The highest BCUT2D eigenvalue weighted by Crippen LogP contribution is 2.23. The van der Waals surface area contributed by atoms with Crippen LogP contribution in [-0.4, -0.2) is 53.1 Å². The summed E-state index contributed by atoms with van der Waals surface area (Å²) in [6.07, 6.45) is 3.13. The van der Waals surface area contributed by atoms with Crippen LogP contribution in [-0.2, 0) is 0 Å². The number of hydrogen-bond donors (Lipinski definition) is 1. The van der Waals surface area contributed by atoms with Gasteiger partial charge in [0.1, 0.15) is 0 Å². The zero-order valence-corrected chi connectivity index (χ0v) is 13.6. The van der Waals surface area contributed by atoms with Crippen LogP contribution in [0.4, 0.5) is 5.69 Å². The smallest absolute Gasteiger partial charge is 0.276 e. The summed E-state index contributed by atoms with van der Waals surface area (Å²) < 4.78 is 0. The Morgan fingerprint density at radius 1 is 1.00 bits per heavy atom. The Bertz CT molecular complexity index is 911. The minimum atomic E-state index is -0.209. The molecular formula is C18H19N5O. The molecule has 6 heteroatoms. The molecule has 4 rings (SSSR count). The van der Waals surface area contributed by atoms with Crippen molar-refractivity contribution in [3.63, 3.8) is 0 Å². The van der Waals surface area contributed by atoms with Crippen LogP contribution in [0, 0.1) is 0 Å². The third kappa shape index (κ3) is 2.76. The van der Waals surface area contributed by atoms with E-state index < -0.39 is 0 Å². The Morgan fingerprint density at radius 3 is 2.46 bits per heavy atom. The van der Waals surface area contributed by atoms with E-state index >= 15 is 0 Å². The molecule has 0 bridgehead atoms. The summed E-state index contributed by atoms with van der Waals surface area (Å²) in [6.45, 7) is 4.24. The molecule has 0 radical (unpaired) electrons. The van der Waals surface area contributed by atoms with Crippen LogP contribution in [0.3, 0.4) is 0 Å². The lowest BCUT2D eigenvalue weighted by atomic mass is 10.1. The van der Waals surface area contributed by atoms with Gasteiger partial charge in [0.25, 0.3) is 5.56 Å². The number of nitrogens with one attached hydrogen (secondary N) is 1. The van der Waals surface area contributed by atoms with Crippen LogP contribution in [0.25, 0.3) is 22.3 Å². The summed E-state index contributed by atoms with van der Waals surface area (Å²) in [7, 11) is 2.15. The number of pyridine rings is 1. The molecule has 1 aromatic carbocycles. The average molecular weight is 321 g/mol. The molecule has 6 nitrogen and oxygen atoms in total. The maximum absolute atomic E-state index is 12.1. The monoisotopic (exact) mass is 321 g/mol. The number of anilines is 1. The molecule has 122 valence electrons. The highest BCUT2D eigenvalue weighted by molar-refractivity contribution is 5.78. The Morgan fingerprint density at radius 2 is 1.71 bits per heavy atom. The summed E-state index contributed by atoms with van der Waals surface area (Å²) in [5.74, 6) is 0. The number of nitrogens with zero attached hydrogens (tertiary/aromatic N) is 4. The van der Waals surface area contributed by atoms with E-state index in [1.807, 2.05) is 18.2 Å². The molecule has 0 unspecified atom stereocenters. The quantitative estimate of drug-likeness (QED) is 0.779. The normalized spacial score (nSPS) is 15.8. The maximum Gasteiger partial charge on any atom is 0.276 e. The number of hydrogen-bond acceptors (Lipinski definition) is 5. The molecule has 0 aliphatic carbocycles. The van der Waals surface area contributed by atoms with E-state index in [4.69, 9.17) is 0 Å². The van der Waals surface area contributed by atoms with Crippen molar-refractivity contribution in [2.24, 2.45) is 0 Å². The molecule has 1 saturated heterocycles. The first-order valence-electron chi connectivity index (χ1n) is 8.09. The molecule has 1 fully saturated rings. The van der Waals surface area contributed by atoms with Crippen LogP contribution >= 0.6 is 0 Å². The van der Waals surface area contributed by atoms with E-state index in [-0.39, 0.29) is 5.56 Å². The van der Waals surface area contributed by atoms with Gasteiger partial charge >= 0.3 is 0 Å². The van der Waals surface area contributed by atoms with E-state index in [1.54, 1.807) is 6.20 Å². The zero-order chi connectivity index (χ0) is 16.5. The van der Waals surface area contributed by atoms with Crippen molar-refractivity contribution in [1.82, 2.24) is 19.9 Å². The molecule has 0 atom stereocenters. The molecule has 0 spiro atoms. The fourth-order valence-corrected chi connectivity index (χ4v) is 3.06. The molecule has 2 aromatic heterocycles. The van der Waals surface area contributed by atoms with E-state index in [9.17, 15) is 4.79 Å². The van der Waals surface area contributed by atoms with Crippen molar-refractivity contribution in [1.29, 1.82) is 0 Å². The van der Waals surface area contributed by atoms with Crippen molar-refractivity contribution in [3.8, 4) is 11.3 Å². The molecule has 3 heterocycles. The number of likely N-dealkylation sites (N-methyl/N-ethyl adjacent to an activating group) is 1. The van der Waals surface area contributed by atoms with Gasteiger partial charge in [-0.2, -0.15) is 0 Å². The fourth-order valence-electron chi connectivity index (χ4n) is 3.06. The van der Waals surface area contributed by atoms with Gasteiger partial charge in [-0.15, -0.1) is 0 Å². The first-order chi connectivity index (χ1) is 11.7. The minimum absolute atomic E-state index is 0.209. The Labute approximate surface area is 139 Å². The van der Waals surface area contributed by atoms with Gasteiger partial charge in [0.15, 0.2) is 5.52 Å². The van der Waals surface area contributed by atoms with Crippen LogP contribution in [0.2, 0.25) is 0 Å². The average Bonchev–Trinajstić information content (AvgIpc) is 2.62. The van der Waals surface area contributed by atoms with Gasteiger partial charge < -0.3 is 14.8 Å². The predicted octanol–water partition coefficient (Wildman–Crippen LogP) is 1.74. The van der Waals surface area contributed by atoms with Gasteiger partial charge in [-0.25, -0.2) is 4.98 Å². The number of piperazine rings is 1. The van der Waals surface area contributed by atoms with Crippen LogP contribution in [0.5, 0.6) is 0 Å². The third-order valence-corrected chi connectivity index (χ3v) is 4.52. The van der Waals surface area contributed by atoms with Crippen LogP contribution < -0.4 is 10.5 Å². The van der Waals surface area contributed by atoms with E-state index in [2.05, 4.69) is 43.9 Å². The lowest BCUT2D eigenvalue weighted by Gasteiger charge is -2.34. The molecule has 1 N–H and O–H groups in total. The third-order valence-electron chi connectivity index (χ3n) is 4.52. The van der Waals surface area contributed by atoms with Crippen LogP contribution in [0.15, 0.2) is 47.5 Å². The Kier molecular flexibility index (Phi) is 3.74. The first-order valence-corrected chi connectivity index (χ1v) is 8.09. The fraction of sp³-hybridized carbons (Fsp3) is 0.278. The van der Waals surface area contributed by atoms with E-state index in [1.165, 1.54) is 11.9 Å². The molecule has 0 amide bonds. The van der Waals surface area contributed by atoms with Crippen molar-refractivity contribution >= 4 is 16.7 Å². The van der Waals surface area contributed by atoms with Gasteiger partial charge in [0.05, 0.1) is 11.2 Å². The second kappa shape index (κ2) is 6.05. The van der Waals surface area contributed by atoms with E-state index in [0.717, 1.165) is 37.4 Å². The second-order valence-electron chi connectivity index (χ2n) is 6.14. The van der Waals surface area contributed by atoms with Crippen molar-refractivity contribution in [2.45, 2.75) is 0 Å². The number of H-pyrrole nitrogens is 1. The molecule has 1 aliphatic heterocycles. The number of rotatable bonds is 2. The van der Waals surface area contributed by atoms with Crippen LogP contribution in [0.1, 0.15) is 0 Å². The van der Waals surface area contributed by atoms with Gasteiger partial charge in [-0.3, -0.25) is 9.78 Å². The van der Waals surface area contributed by atoms with Gasteiger partial charge in [0.2, 0.25) is 0 Å². The molecule has 3 aromatic rings. The summed E-state index contributed by atoms with van der Waals surface area (Å²) in [5, 5.41) is 0. The summed E-state index contributed by atoms with van der Waals surface area (Å²) in [5.41, 5.74) is 3.72. The number of fused-ring (bicyclic) bond motifs is 1. The second-order valence-corrected chi connectivity index (χ2v) is 6.14. The highest BCUT2D eigenvalue weighted by Gasteiger charge is 2.14. The summed E-state index contributed by atoms with van der Waals surface area (Å²) in [4.78, 5) is 28.1. The van der Waals surface area contributed by atoms with Crippen molar-refractivity contribution in [2.75, 3.05) is 38.1 Å². The standard InChI is InChI=1S/C18H19N5O/c1-22-8-10-23(11-9-22)14-4-2-13(3-5-14)15-12-16-17(18(24)21-15)20-7-6-19-16/h2-7,12H,8-11H2,1H3,(H,21,24). The first kappa shape index (κ1) is 14.8. The molecule has 0 saturated carbocycles. The largest absolute Gasteiger partial charge is 0.369 e. The minimum Gasteiger partial charge on any atom is -0.369 e. The van der Waals surface area contributed by atoms with E-state index in [0.29, 0.717) is 11.0 Å². The highest BCUT2D eigenvalue weighted by atomic mass is 16.1. The summed E-state index contributed by atoms with van der Waals surface area (Å²) in [6, 6.07) is 10.2. The lowest BCUT2D eigenvalue weighted by molar-refractivity contribution is 0.313. The van der Waals surface area contributed by atoms with Crippen molar-refractivity contribution in [3.05, 3.63) is 53.1 Å². The lowest BCUT2D eigenvalue weighted by Crippen LogP contribution is -2.44. The number of aromatic nitrogens is 3. The van der Waals surface area contributed by atoms with Gasteiger partial charge in [-0.05, 0) is 30.8 Å². The topological polar surface area (TPSA) is 65.1 Å². The maximum atomic E-state index is 12.1. The van der Waals surface area contributed by atoms with Gasteiger partial charge in [-0.1, -0.05) is 12.1 Å².